The molecule has 0 aliphatic carbocycles. The predicted molar refractivity (Wildman–Crippen MR) is 49.2 cm³/mol. The second kappa shape index (κ2) is 4.94. The molecule has 1 rings (SSSR count). The third kappa shape index (κ3) is 2.67. The molecule has 0 aromatic heterocycles. The highest BCUT2D eigenvalue weighted by Crippen LogP contribution is 2.24. The largest absolute Gasteiger partial charge is 0.303 e. The number of alkyl halides is 1. The van der Waals surface area contributed by atoms with Gasteiger partial charge in [-0.2, -0.15) is 0 Å². The van der Waals surface area contributed by atoms with Gasteiger partial charge in [0.25, 0.3) is 0 Å². The highest BCUT2D eigenvalue weighted by Gasteiger charge is 2.05. The summed E-state index contributed by atoms with van der Waals surface area (Å²) < 4.78 is 0. The Bertz CT molecular complexity index is 233. The van der Waals surface area contributed by atoms with Crippen molar-refractivity contribution in [2.24, 2.45) is 0 Å². The average molecular weight is 182 g/mol. The van der Waals surface area contributed by atoms with Gasteiger partial charge in [-0.1, -0.05) is 18.2 Å². The van der Waals surface area contributed by atoms with Crippen LogP contribution in [0.15, 0.2) is 24.3 Å². The maximum Gasteiger partial charge on any atom is 0.120 e. The molecular weight excluding hydrogens is 172 g/mol. The summed E-state index contributed by atoms with van der Waals surface area (Å²) in [5, 5.41) is -0.0624. The van der Waals surface area contributed by atoms with E-state index in [1.807, 2.05) is 24.3 Å². The van der Waals surface area contributed by atoms with Crippen LogP contribution >= 0.6 is 11.6 Å². The molecule has 0 heterocycles. The van der Waals surface area contributed by atoms with Crippen LogP contribution in [0.4, 0.5) is 0 Å². The highest BCUT2D eigenvalue weighted by molar-refractivity contribution is 6.20. The van der Waals surface area contributed by atoms with Crippen molar-refractivity contribution in [1.29, 1.82) is 0 Å². The van der Waals surface area contributed by atoms with E-state index in [1.54, 1.807) is 0 Å². The normalized spacial score (nSPS) is 12.4. The molecule has 1 unspecified atom stereocenters. The minimum Gasteiger partial charge on any atom is -0.303 e. The van der Waals surface area contributed by atoms with Gasteiger partial charge < -0.3 is 4.79 Å². The van der Waals surface area contributed by atoms with E-state index in [-0.39, 0.29) is 5.38 Å². The zero-order valence-corrected chi connectivity index (χ0v) is 7.42. The minimum atomic E-state index is -0.0624. The monoisotopic (exact) mass is 181 g/mol. The van der Waals surface area contributed by atoms with Gasteiger partial charge in [0.05, 0.1) is 5.38 Å². The molecule has 1 nitrogen and oxygen atoms in total. The van der Waals surface area contributed by atoms with Crippen LogP contribution in [0.5, 0.6) is 0 Å². The molecule has 1 atom stereocenters. The number of benzene rings is 1. The number of carbonyl (C=O) groups excluding carboxylic acids is 1. The molecule has 0 bridgehead atoms. The number of hydrogen-bond donors (Lipinski definition) is 0. The predicted octanol–water partition coefficient (Wildman–Crippen LogP) is 2.75. The van der Waals surface area contributed by atoms with Crippen LogP contribution in [0.2, 0.25) is 0 Å². The zero-order chi connectivity index (χ0) is 8.81. The summed E-state index contributed by atoms with van der Waals surface area (Å²) in [4.78, 5) is 10.1. The molecule has 2 heteroatoms. The van der Waals surface area contributed by atoms with E-state index >= 15 is 0 Å². The lowest BCUT2D eigenvalue weighted by molar-refractivity contribution is -0.107. The van der Waals surface area contributed by atoms with Crippen LogP contribution in [-0.2, 0) is 4.79 Å². The Morgan fingerprint density at radius 1 is 1.67 bits per heavy atom. The van der Waals surface area contributed by atoms with Gasteiger partial charge in [0.2, 0.25) is 0 Å². The van der Waals surface area contributed by atoms with Crippen molar-refractivity contribution in [3.05, 3.63) is 35.9 Å². The van der Waals surface area contributed by atoms with E-state index in [1.165, 1.54) is 0 Å². The van der Waals surface area contributed by atoms with Crippen LogP contribution in [0.1, 0.15) is 23.8 Å². The van der Waals surface area contributed by atoms with Gasteiger partial charge in [-0.25, -0.2) is 0 Å². The van der Waals surface area contributed by atoms with Gasteiger partial charge in [0.15, 0.2) is 0 Å². The van der Waals surface area contributed by atoms with Crippen LogP contribution in [0.25, 0.3) is 0 Å². The van der Waals surface area contributed by atoms with Crippen molar-refractivity contribution in [3.8, 4) is 0 Å². The molecule has 0 spiro atoms. The third-order valence-electron chi connectivity index (χ3n) is 1.63. The van der Waals surface area contributed by atoms with Crippen LogP contribution in [0.3, 0.4) is 0 Å². The molecular formula is C10H10ClO. The van der Waals surface area contributed by atoms with Crippen molar-refractivity contribution in [3.63, 3.8) is 0 Å². The fourth-order valence-electron chi connectivity index (χ4n) is 0.983. The summed E-state index contributed by atoms with van der Waals surface area (Å²) >= 11 is 6.01. The van der Waals surface area contributed by atoms with Crippen molar-refractivity contribution in [2.45, 2.75) is 18.2 Å². The molecule has 0 amide bonds. The van der Waals surface area contributed by atoms with Crippen LogP contribution < -0.4 is 0 Å². The fourth-order valence-corrected chi connectivity index (χ4v) is 1.24. The Labute approximate surface area is 77.4 Å². The lowest BCUT2D eigenvalue weighted by Crippen LogP contribution is -1.90. The molecule has 1 aromatic rings. The van der Waals surface area contributed by atoms with Crippen LogP contribution in [-0.4, -0.2) is 6.29 Å². The summed E-state index contributed by atoms with van der Waals surface area (Å²) in [6.45, 7) is 0. The van der Waals surface area contributed by atoms with E-state index in [0.717, 1.165) is 11.8 Å². The molecule has 0 saturated carbocycles. The Kier molecular flexibility index (Phi) is 3.81. The Morgan fingerprint density at radius 2 is 2.50 bits per heavy atom. The van der Waals surface area contributed by atoms with E-state index in [4.69, 9.17) is 11.6 Å². The Hall–Kier alpha value is -0.820. The Morgan fingerprint density at radius 3 is 3.08 bits per heavy atom. The summed E-state index contributed by atoms with van der Waals surface area (Å²) in [6.07, 6.45) is 2.11. The first kappa shape index (κ1) is 9.27. The summed E-state index contributed by atoms with van der Waals surface area (Å²) in [7, 11) is 0. The Balaban J connectivity index is 2.53. The average Bonchev–Trinajstić information content (AvgIpc) is 2.15. The second-order valence-electron chi connectivity index (χ2n) is 2.55. The molecule has 1 radical (unpaired) electrons. The van der Waals surface area contributed by atoms with E-state index < -0.39 is 0 Å². The molecule has 12 heavy (non-hydrogen) atoms. The summed E-state index contributed by atoms with van der Waals surface area (Å²) in [5.41, 5.74) is 1.03. The molecule has 0 aliphatic rings. The maximum atomic E-state index is 10.1. The van der Waals surface area contributed by atoms with E-state index in [0.29, 0.717) is 12.8 Å². The van der Waals surface area contributed by atoms with Gasteiger partial charge >= 0.3 is 0 Å². The smallest absolute Gasteiger partial charge is 0.120 e. The molecule has 0 aliphatic heterocycles. The SMILES string of the molecule is O=CCCC(Cl)c1c[c]ccc1. The minimum absolute atomic E-state index is 0.0624. The second-order valence-corrected chi connectivity index (χ2v) is 3.08. The number of hydrogen-bond acceptors (Lipinski definition) is 1. The molecule has 1 aromatic carbocycles. The summed E-state index contributed by atoms with van der Waals surface area (Å²) in [5.74, 6) is 0. The first-order valence-corrected chi connectivity index (χ1v) is 4.32. The first-order valence-electron chi connectivity index (χ1n) is 3.88. The van der Waals surface area contributed by atoms with Crippen molar-refractivity contribution >= 4 is 17.9 Å². The topological polar surface area (TPSA) is 17.1 Å². The zero-order valence-electron chi connectivity index (χ0n) is 6.66. The highest BCUT2D eigenvalue weighted by atomic mass is 35.5. The van der Waals surface area contributed by atoms with Crippen molar-refractivity contribution in [1.82, 2.24) is 0 Å². The molecule has 0 N–H and O–H groups in total. The number of aldehydes is 1. The number of halogens is 1. The number of rotatable bonds is 4. The quantitative estimate of drug-likeness (QED) is 0.516. The van der Waals surface area contributed by atoms with Gasteiger partial charge in [-0.05, 0) is 24.1 Å². The van der Waals surface area contributed by atoms with Gasteiger partial charge in [0.1, 0.15) is 6.29 Å². The van der Waals surface area contributed by atoms with Crippen molar-refractivity contribution in [2.75, 3.05) is 0 Å². The van der Waals surface area contributed by atoms with E-state index in [2.05, 4.69) is 6.07 Å². The molecule has 63 valence electrons. The lowest BCUT2D eigenvalue weighted by atomic mass is 10.1. The maximum absolute atomic E-state index is 10.1. The molecule has 0 saturated heterocycles. The van der Waals surface area contributed by atoms with Gasteiger partial charge in [-0.15, -0.1) is 11.6 Å². The van der Waals surface area contributed by atoms with Crippen LogP contribution in [0, 0.1) is 6.07 Å². The molecule has 0 fully saturated rings. The lowest BCUT2D eigenvalue weighted by Gasteiger charge is -2.06. The van der Waals surface area contributed by atoms with E-state index in [9.17, 15) is 4.79 Å². The first-order chi connectivity index (χ1) is 5.84. The van der Waals surface area contributed by atoms with Gasteiger partial charge in [0, 0.05) is 6.42 Å². The standard InChI is InChI=1S/C10H10ClO/c11-10(7-4-8-12)9-5-2-1-3-6-9/h1-2,5-6,8,10H,4,7H2. The summed E-state index contributed by atoms with van der Waals surface area (Å²) in [6, 6.07) is 10.5. The third-order valence-corrected chi connectivity index (χ3v) is 2.10. The van der Waals surface area contributed by atoms with Gasteiger partial charge in [-0.3, -0.25) is 0 Å². The fraction of sp³-hybridized carbons (Fsp3) is 0.300. The number of carbonyl (C=O) groups is 1. The van der Waals surface area contributed by atoms with Crippen molar-refractivity contribution < 1.29 is 4.79 Å².